The summed E-state index contributed by atoms with van der Waals surface area (Å²) in [5, 5.41) is 14.2. The van der Waals surface area contributed by atoms with Crippen LogP contribution in [-0.2, 0) is 4.79 Å². The van der Waals surface area contributed by atoms with Gasteiger partial charge in [-0.15, -0.1) is 11.3 Å². The van der Waals surface area contributed by atoms with E-state index in [0.717, 1.165) is 34.4 Å². The molecule has 4 atom stereocenters. The number of methoxy groups -OCH3 is 1. The molecule has 3 N–H and O–H groups in total. The van der Waals surface area contributed by atoms with Crippen LogP contribution in [0.15, 0.2) is 36.0 Å². The summed E-state index contributed by atoms with van der Waals surface area (Å²) in [6.45, 7) is 2.03. The quantitative estimate of drug-likeness (QED) is 0.347. The van der Waals surface area contributed by atoms with E-state index in [9.17, 15) is 9.90 Å². The van der Waals surface area contributed by atoms with Gasteiger partial charge in [-0.2, -0.15) is 12.6 Å². The van der Waals surface area contributed by atoms with Crippen LogP contribution in [0.1, 0.15) is 41.1 Å². The molecule has 182 valence electrons. The average molecular weight is 521 g/mol. The van der Waals surface area contributed by atoms with Crippen molar-refractivity contribution < 1.29 is 14.6 Å². The van der Waals surface area contributed by atoms with Crippen molar-refractivity contribution in [1.29, 1.82) is 0 Å². The maximum Gasteiger partial charge on any atom is 0.308 e. The molecule has 1 fully saturated rings. The Morgan fingerprint density at radius 2 is 2.26 bits per heavy atom. The lowest BCUT2D eigenvalue weighted by atomic mass is 9.81. The molecule has 34 heavy (non-hydrogen) atoms. The number of hydrogen-bond acceptors (Lipinski definition) is 8. The first-order valence-electron chi connectivity index (χ1n) is 11.3. The molecule has 1 aliphatic rings. The minimum absolute atomic E-state index is 0.0153. The van der Waals surface area contributed by atoms with Crippen LogP contribution < -0.4 is 10.5 Å². The van der Waals surface area contributed by atoms with Crippen LogP contribution in [0.4, 0.5) is 0 Å². The number of hydrogen-bond donors (Lipinski definition) is 3. The molecule has 3 aromatic rings. The standard InChI is InChI=1S/C24H29ClN4O3S2/c1-32-15-3-5-20-16(10-15)22(18(25)11-28-20)19(26)4-2-14-6-8-29(12-17(14)24(30)31)13-21(33)23-27-7-9-34-23/h3,5,7,9-11,14,17,19,21,33H,2,4,6,8,12-13,26H2,1H3,(H,30,31)/t14-,17+,19-,21?/m0/s1. The monoisotopic (exact) mass is 520 g/mol. The van der Waals surface area contributed by atoms with Crippen molar-refractivity contribution in [2.75, 3.05) is 26.7 Å². The predicted octanol–water partition coefficient (Wildman–Crippen LogP) is 4.83. The number of nitrogens with two attached hydrogens (primary N) is 1. The highest BCUT2D eigenvalue weighted by molar-refractivity contribution is 7.80. The maximum absolute atomic E-state index is 12.1. The molecular formula is C24H29ClN4O3S2. The van der Waals surface area contributed by atoms with Crippen LogP contribution in [0.3, 0.4) is 0 Å². The van der Waals surface area contributed by atoms with Crippen LogP contribution in [-0.4, -0.2) is 52.7 Å². The number of likely N-dealkylation sites (tertiary alicyclic amines) is 1. The minimum atomic E-state index is -0.759. The molecule has 0 aliphatic carbocycles. The second-order valence-corrected chi connectivity index (χ2v) is 10.7. The molecule has 4 rings (SSSR count). The van der Waals surface area contributed by atoms with E-state index in [4.69, 9.17) is 22.1 Å². The molecule has 1 aromatic carbocycles. The highest BCUT2D eigenvalue weighted by Crippen LogP contribution is 2.36. The van der Waals surface area contributed by atoms with Crippen molar-refractivity contribution in [3.8, 4) is 5.75 Å². The van der Waals surface area contributed by atoms with E-state index >= 15 is 0 Å². The summed E-state index contributed by atoms with van der Waals surface area (Å²) in [7, 11) is 1.62. The van der Waals surface area contributed by atoms with E-state index < -0.39 is 11.9 Å². The number of rotatable bonds is 9. The average Bonchev–Trinajstić information content (AvgIpc) is 3.37. The fourth-order valence-corrected chi connectivity index (χ4v) is 6.18. The number of carboxylic acids is 1. The number of aliphatic carboxylic acids is 1. The Hall–Kier alpha value is -1.91. The largest absolute Gasteiger partial charge is 0.497 e. The highest BCUT2D eigenvalue weighted by atomic mass is 35.5. The van der Waals surface area contributed by atoms with Gasteiger partial charge in [0.2, 0.25) is 0 Å². The molecule has 1 aliphatic heterocycles. The molecule has 3 heterocycles. The fraction of sp³-hybridized carbons (Fsp3) is 0.458. The van der Waals surface area contributed by atoms with Crippen molar-refractivity contribution in [2.45, 2.75) is 30.6 Å². The zero-order valence-electron chi connectivity index (χ0n) is 18.9. The SMILES string of the molecule is COc1ccc2ncc(Cl)c([C@@H](N)CC[C@H]3CCN(CC(S)c4nccs4)C[C@H]3C(=O)O)c2c1. The summed E-state index contributed by atoms with van der Waals surface area (Å²) >= 11 is 12.8. The Bertz CT molecular complexity index is 1130. The van der Waals surface area contributed by atoms with Crippen molar-refractivity contribution in [3.63, 3.8) is 0 Å². The number of piperidine rings is 1. The molecule has 1 unspecified atom stereocenters. The molecule has 0 saturated carbocycles. The molecule has 0 bridgehead atoms. The Morgan fingerprint density at radius 3 is 2.97 bits per heavy atom. The molecule has 0 amide bonds. The summed E-state index contributed by atoms with van der Waals surface area (Å²) in [5.41, 5.74) is 8.24. The highest BCUT2D eigenvalue weighted by Gasteiger charge is 2.35. The Balaban J connectivity index is 1.43. The van der Waals surface area contributed by atoms with Crippen molar-refractivity contribution in [2.24, 2.45) is 17.6 Å². The summed E-state index contributed by atoms with van der Waals surface area (Å²) in [6.07, 6.45) is 5.56. The van der Waals surface area contributed by atoms with Crippen LogP contribution in [0.25, 0.3) is 10.9 Å². The van der Waals surface area contributed by atoms with Gasteiger partial charge in [0.1, 0.15) is 10.8 Å². The van der Waals surface area contributed by atoms with Gasteiger partial charge in [-0.25, -0.2) is 4.98 Å². The third-order valence-electron chi connectivity index (χ3n) is 6.61. The summed E-state index contributed by atoms with van der Waals surface area (Å²) in [6, 6.07) is 5.31. The van der Waals surface area contributed by atoms with E-state index in [-0.39, 0.29) is 17.2 Å². The lowest BCUT2D eigenvalue weighted by molar-refractivity contribution is -0.146. The summed E-state index contributed by atoms with van der Waals surface area (Å²) in [5.74, 6) is -0.434. The Kier molecular flexibility index (Phi) is 8.31. The summed E-state index contributed by atoms with van der Waals surface area (Å²) < 4.78 is 5.36. The van der Waals surface area contributed by atoms with Crippen LogP contribution in [0.2, 0.25) is 5.02 Å². The van der Waals surface area contributed by atoms with Gasteiger partial charge in [0.25, 0.3) is 0 Å². The van der Waals surface area contributed by atoms with Gasteiger partial charge < -0.3 is 20.5 Å². The Labute approximate surface area is 213 Å². The minimum Gasteiger partial charge on any atom is -0.497 e. The number of aromatic nitrogens is 2. The lowest BCUT2D eigenvalue weighted by Crippen LogP contribution is -2.45. The predicted molar refractivity (Wildman–Crippen MR) is 139 cm³/mol. The number of ether oxygens (including phenoxy) is 1. The van der Waals surface area contributed by atoms with Gasteiger partial charge in [0.15, 0.2) is 0 Å². The van der Waals surface area contributed by atoms with Crippen LogP contribution in [0, 0.1) is 11.8 Å². The van der Waals surface area contributed by atoms with E-state index in [1.54, 1.807) is 30.8 Å². The number of pyridine rings is 1. The van der Waals surface area contributed by atoms with Crippen molar-refractivity contribution >= 4 is 52.4 Å². The number of carbonyl (C=O) groups is 1. The molecule has 1 saturated heterocycles. The zero-order valence-corrected chi connectivity index (χ0v) is 21.4. The van der Waals surface area contributed by atoms with Crippen LogP contribution in [0.5, 0.6) is 5.75 Å². The summed E-state index contributed by atoms with van der Waals surface area (Å²) in [4.78, 5) is 23.0. The van der Waals surface area contributed by atoms with Gasteiger partial charge in [-0.1, -0.05) is 11.6 Å². The zero-order chi connectivity index (χ0) is 24.2. The number of nitrogens with zero attached hydrogens (tertiary/aromatic N) is 3. The first-order chi connectivity index (χ1) is 16.4. The number of thiol groups is 1. The molecule has 7 nitrogen and oxygen atoms in total. The molecule has 2 aromatic heterocycles. The second kappa shape index (κ2) is 11.2. The van der Waals surface area contributed by atoms with E-state index in [1.807, 2.05) is 23.6 Å². The molecular weight excluding hydrogens is 492 g/mol. The van der Waals surface area contributed by atoms with Crippen molar-refractivity contribution in [3.05, 3.63) is 51.6 Å². The number of benzene rings is 1. The first kappa shape index (κ1) is 25.2. The van der Waals surface area contributed by atoms with Gasteiger partial charge in [-0.3, -0.25) is 9.78 Å². The second-order valence-electron chi connectivity index (χ2n) is 8.73. The first-order valence-corrected chi connectivity index (χ1v) is 13.0. The smallest absolute Gasteiger partial charge is 0.308 e. The number of thiazole rings is 1. The van der Waals surface area contributed by atoms with Gasteiger partial charge >= 0.3 is 5.97 Å². The van der Waals surface area contributed by atoms with E-state index in [1.165, 1.54) is 0 Å². The lowest BCUT2D eigenvalue weighted by Gasteiger charge is -2.37. The Morgan fingerprint density at radius 1 is 1.44 bits per heavy atom. The number of carboxylic acid groups (broad SMARTS) is 1. The van der Waals surface area contributed by atoms with Gasteiger partial charge in [0, 0.05) is 42.3 Å². The third-order valence-corrected chi connectivity index (χ3v) is 8.39. The fourth-order valence-electron chi connectivity index (χ4n) is 4.79. The molecule has 10 heteroatoms. The maximum atomic E-state index is 12.1. The number of halogens is 1. The van der Waals surface area contributed by atoms with Gasteiger partial charge in [-0.05, 0) is 55.5 Å². The van der Waals surface area contributed by atoms with E-state index in [0.29, 0.717) is 36.7 Å². The molecule has 0 radical (unpaired) electrons. The van der Waals surface area contributed by atoms with E-state index in [2.05, 4.69) is 27.5 Å². The normalized spacial score (nSPS) is 20.8. The molecule has 0 spiro atoms. The topological polar surface area (TPSA) is 102 Å². The van der Waals surface area contributed by atoms with Crippen molar-refractivity contribution in [1.82, 2.24) is 14.9 Å². The number of fused-ring (bicyclic) bond motifs is 1. The third kappa shape index (κ3) is 5.66. The van der Waals surface area contributed by atoms with Gasteiger partial charge in [0.05, 0.1) is 28.8 Å². The van der Waals surface area contributed by atoms with Crippen LogP contribution >= 0.6 is 35.6 Å².